The van der Waals surface area contributed by atoms with Gasteiger partial charge in [-0.15, -0.1) is 0 Å². The third-order valence-corrected chi connectivity index (χ3v) is 5.41. The van der Waals surface area contributed by atoms with E-state index in [0.717, 1.165) is 33.7 Å². The minimum absolute atomic E-state index is 0.357. The normalized spacial score (nSPS) is 22.3. The first-order valence-electron chi connectivity index (χ1n) is 7.99. The van der Waals surface area contributed by atoms with Crippen molar-refractivity contribution in [2.45, 2.75) is 58.6 Å². The quantitative estimate of drug-likeness (QED) is 0.642. The molecule has 4 heteroatoms. The average Bonchev–Trinajstić information content (AvgIpc) is 2.49. The first-order chi connectivity index (χ1) is 10.1. The van der Waals surface area contributed by atoms with Crippen LogP contribution in [0, 0.1) is 5.92 Å². The second kappa shape index (κ2) is 8.54. The van der Waals surface area contributed by atoms with E-state index in [4.69, 9.17) is 4.74 Å². The van der Waals surface area contributed by atoms with Crippen LogP contribution in [-0.4, -0.2) is 12.6 Å². The van der Waals surface area contributed by atoms with E-state index in [1.807, 2.05) is 0 Å². The van der Waals surface area contributed by atoms with E-state index in [1.165, 1.54) is 37.7 Å². The van der Waals surface area contributed by atoms with Gasteiger partial charge in [-0.3, -0.25) is 0 Å². The maximum Gasteiger partial charge on any atom is 0.148 e. The molecule has 1 aliphatic carbocycles. The lowest BCUT2D eigenvalue weighted by molar-refractivity contribution is 0.120. The van der Waals surface area contributed by atoms with Gasteiger partial charge in [0.25, 0.3) is 0 Å². The molecular weight excluding hydrogens is 394 g/mol. The third kappa shape index (κ3) is 4.97. The maximum atomic E-state index is 6.29. The lowest BCUT2D eigenvalue weighted by atomic mass is 9.85. The first-order valence-corrected chi connectivity index (χ1v) is 9.57. The smallest absolute Gasteiger partial charge is 0.148 e. The van der Waals surface area contributed by atoms with Gasteiger partial charge in [0.15, 0.2) is 0 Å². The van der Waals surface area contributed by atoms with Crippen LogP contribution in [0.2, 0.25) is 0 Å². The van der Waals surface area contributed by atoms with Gasteiger partial charge >= 0.3 is 0 Å². The Morgan fingerprint density at radius 2 is 1.90 bits per heavy atom. The van der Waals surface area contributed by atoms with Crippen LogP contribution in [0.25, 0.3) is 0 Å². The molecule has 2 unspecified atom stereocenters. The van der Waals surface area contributed by atoms with Crippen LogP contribution in [0.3, 0.4) is 0 Å². The number of rotatable bonds is 6. The van der Waals surface area contributed by atoms with E-state index in [-0.39, 0.29) is 0 Å². The highest BCUT2D eigenvalue weighted by molar-refractivity contribution is 9.11. The highest BCUT2D eigenvalue weighted by Gasteiger charge is 2.23. The van der Waals surface area contributed by atoms with E-state index in [1.54, 1.807) is 0 Å². The van der Waals surface area contributed by atoms with Gasteiger partial charge in [0.1, 0.15) is 5.75 Å². The Bertz CT molecular complexity index is 441. The van der Waals surface area contributed by atoms with Crippen molar-refractivity contribution in [3.8, 4) is 5.75 Å². The molecule has 2 nitrogen and oxygen atoms in total. The molecule has 0 bridgehead atoms. The van der Waals surface area contributed by atoms with E-state index in [9.17, 15) is 0 Å². The molecule has 1 aromatic carbocycles. The Kier molecular flexibility index (Phi) is 7.03. The summed E-state index contributed by atoms with van der Waals surface area (Å²) in [6, 6.07) is 4.31. The number of hydrogen-bond acceptors (Lipinski definition) is 2. The monoisotopic (exact) mass is 417 g/mol. The number of nitrogens with one attached hydrogen (secondary N) is 1. The minimum Gasteiger partial charge on any atom is -0.488 e. The topological polar surface area (TPSA) is 21.3 Å². The van der Waals surface area contributed by atoms with Gasteiger partial charge in [0.2, 0.25) is 0 Å². The highest BCUT2D eigenvalue weighted by Crippen LogP contribution is 2.38. The molecule has 0 aromatic heterocycles. The van der Waals surface area contributed by atoms with Crippen molar-refractivity contribution < 1.29 is 4.74 Å². The Morgan fingerprint density at radius 3 is 2.52 bits per heavy atom. The summed E-state index contributed by atoms with van der Waals surface area (Å²) in [7, 11) is 0. The molecule has 0 radical (unpaired) electrons. The van der Waals surface area contributed by atoms with Crippen LogP contribution in [0.4, 0.5) is 0 Å². The van der Waals surface area contributed by atoms with Crippen LogP contribution < -0.4 is 10.1 Å². The Morgan fingerprint density at radius 1 is 1.19 bits per heavy atom. The van der Waals surface area contributed by atoms with Crippen LogP contribution in [0.1, 0.15) is 51.5 Å². The summed E-state index contributed by atoms with van der Waals surface area (Å²) in [6.45, 7) is 6.27. The van der Waals surface area contributed by atoms with Crippen molar-refractivity contribution in [2.24, 2.45) is 5.92 Å². The predicted octanol–water partition coefficient (Wildman–Crippen LogP) is 5.67. The summed E-state index contributed by atoms with van der Waals surface area (Å²) in [4.78, 5) is 0. The fourth-order valence-corrected chi connectivity index (χ4v) is 4.45. The van der Waals surface area contributed by atoms with Crippen LogP contribution in [0.15, 0.2) is 21.1 Å². The zero-order valence-electron chi connectivity index (χ0n) is 12.9. The summed E-state index contributed by atoms with van der Waals surface area (Å²) in [6.07, 6.45) is 6.64. The molecule has 2 rings (SSSR count). The third-order valence-electron chi connectivity index (χ3n) is 4.23. The van der Waals surface area contributed by atoms with Crippen LogP contribution in [0.5, 0.6) is 5.75 Å². The molecule has 0 aliphatic heterocycles. The number of hydrogen-bond donors (Lipinski definition) is 1. The molecule has 1 saturated carbocycles. The molecule has 1 aromatic rings. The molecule has 0 amide bonds. The zero-order chi connectivity index (χ0) is 15.2. The van der Waals surface area contributed by atoms with Crippen molar-refractivity contribution in [2.75, 3.05) is 6.54 Å². The highest BCUT2D eigenvalue weighted by atomic mass is 79.9. The second-order valence-electron chi connectivity index (χ2n) is 5.85. The second-order valence-corrected chi connectivity index (χ2v) is 7.56. The van der Waals surface area contributed by atoms with Gasteiger partial charge in [-0.25, -0.2) is 0 Å². The Labute approximate surface area is 145 Å². The Hall–Kier alpha value is -0.0600. The fraction of sp³-hybridized carbons (Fsp3) is 0.647. The van der Waals surface area contributed by atoms with Crippen molar-refractivity contribution >= 4 is 31.9 Å². The molecule has 0 spiro atoms. The molecule has 1 fully saturated rings. The number of benzene rings is 1. The summed E-state index contributed by atoms with van der Waals surface area (Å²) < 4.78 is 8.38. The lowest BCUT2D eigenvalue weighted by Crippen LogP contribution is -2.25. The lowest BCUT2D eigenvalue weighted by Gasteiger charge is -2.29. The molecule has 21 heavy (non-hydrogen) atoms. The van der Waals surface area contributed by atoms with Crippen LogP contribution in [-0.2, 0) is 6.54 Å². The fourth-order valence-electron chi connectivity index (χ4n) is 2.98. The van der Waals surface area contributed by atoms with E-state index < -0.39 is 0 Å². The van der Waals surface area contributed by atoms with E-state index >= 15 is 0 Å². The molecule has 118 valence electrons. The average molecular weight is 419 g/mol. The zero-order valence-corrected chi connectivity index (χ0v) is 16.1. The van der Waals surface area contributed by atoms with Gasteiger partial charge < -0.3 is 10.1 Å². The van der Waals surface area contributed by atoms with Crippen molar-refractivity contribution in [3.05, 3.63) is 26.6 Å². The van der Waals surface area contributed by atoms with Gasteiger partial charge in [0.05, 0.1) is 15.0 Å². The van der Waals surface area contributed by atoms with Gasteiger partial charge in [0, 0.05) is 6.54 Å². The summed E-state index contributed by atoms with van der Waals surface area (Å²) in [5.41, 5.74) is 1.26. The summed E-state index contributed by atoms with van der Waals surface area (Å²) >= 11 is 7.33. The predicted molar refractivity (Wildman–Crippen MR) is 95.9 cm³/mol. The number of halogens is 2. The number of ether oxygens (including phenoxy) is 1. The van der Waals surface area contributed by atoms with Gasteiger partial charge in [-0.1, -0.05) is 26.7 Å². The van der Waals surface area contributed by atoms with E-state index in [0.29, 0.717) is 6.10 Å². The molecule has 1 N–H and O–H groups in total. The summed E-state index contributed by atoms with van der Waals surface area (Å²) in [5, 5.41) is 3.35. The first kappa shape index (κ1) is 17.3. The van der Waals surface area contributed by atoms with Crippen molar-refractivity contribution in [1.29, 1.82) is 0 Å². The van der Waals surface area contributed by atoms with Gasteiger partial charge in [-0.2, -0.15) is 0 Å². The molecule has 1 aliphatic rings. The molecular formula is C17H25Br2NO. The SMILES string of the molecule is CCNCc1cc(Br)c(OC2CCCC(CC)C2)c(Br)c1. The standard InChI is InChI=1S/C17H25Br2NO/c1-3-12-6-5-7-14(8-12)21-17-15(18)9-13(10-16(17)19)11-20-4-2/h9-10,12,14,20H,3-8,11H2,1-2H3. The van der Waals surface area contributed by atoms with Crippen molar-refractivity contribution in [3.63, 3.8) is 0 Å². The maximum absolute atomic E-state index is 6.29. The molecule has 0 heterocycles. The summed E-state index contributed by atoms with van der Waals surface area (Å²) in [5.74, 6) is 1.78. The van der Waals surface area contributed by atoms with Crippen LogP contribution >= 0.6 is 31.9 Å². The van der Waals surface area contributed by atoms with Gasteiger partial charge in [-0.05, 0) is 81.3 Å². The van der Waals surface area contributed by atoms with E-state index in [2.05, 4.69) is 63.2 Å². The minimum atomic E-state index is 0.357. The van der Waals surface area contributed by atoms with Crippen molar-refractivity contribution in [1.82, 2.24) is 5.32 Å². The Balaban J connectivity index is 2.05. The molecule has 0 saturated heterocycles. The molecule has 2 atom stereocenters. The largest absolute Gasteiger partial charge is 0.488 e.